The van der Waals surface area contributed by atoms with Crippen LogP contribution in [-0.2, 0) is 0 Å². The van der Waals surface area contributed by atoms with E-state index in [9.17, 15) is 4.79 Å². The number of hydrogen-bond acceptors (Lipinski definition) is 4. The van der Waals surface area contributed by atoms with Crippen molar-refractivity contribution >= 4 is 11.6 Å². The van der Waals surface area contributed by atoms with Gasteiger partial charge in [-0.05, 0) is 54.8 Å². The number of carbonyl (C=O) groups excluding carboxylic acids is 1. The average Bonchev–Trinajstić information content (AvgIpc) is 3.43. The molecule has 0 saturated carbocycles. The number of hydrogen-bond donors (Lipinski definition) is 1. The molecule has 1 fully saturated rings. The van der Waals surface area contributed by atoms with Gasteiger partial charge in [0.1, 0.15) is 5.75 Å². The number of benzene rings is 2. The van der Waals surface area contributed by atoms with Crippen LogP contribution in [0.15, 0.2) is 66.9 Å². The molecule has 1 aliphatic rings. The first-order valence-electron chi connectivity index (χ1n) is 9.51. The van der Waals surface area contributed by atoms with E-state index >= 15 is 0 Å². The lowest BCUT2D eigenvalue weighted by atomic mass is 10.1. The number of carbonyl (C=O) groups is 1. The number of nitrogens with one attached hydrogen (secondary N) is 1. The second kappa shape index (κ2) is 8.17. The van der Waals surface area contributed by atoms with Crippen molar-refractivity contribution in [3.63, 3.8) is 0 Å². The molecule has 6 heteroatoms. The van der Waals surface area contributed by atoms with Gasteiger partial charge in [0.2, 0.25) is 0 Å². The zero-order chi connectivity index (χ0) is 19.3. The van der Waals surface area contributed by atoms with Crippen LogP contribution in [0.1, 0.15) is 16.9 Å². The van der Waals surface area contributed by atoms with Crippen molar-refractivity contribution in [3.8, 4) is 11.4 Å². The molecule has 1 atom stereocenters. The molecule has 6 nitrogen and oxygen atoms in total. The summed E-state index contributed by atoms with van der Waals surface area (Å²) in [6.45, 7) is 2.65. The van der Waals surface area contributed by atoms with Crippen LogP contribution in [0.5, 0.6) is 5.75 Å². The van der Waals surface area contributed by atoms with E-state index in [0.717, 1.165) is 30.9 Å². The number of amides is 1. The van der Waals surface area contributed by atoms with Crippen molar-refractivity contribution in [3.05, 3.63) is 72.6 Å². The van der Waals surface area contributed by atoms with E-state index in [2.05, 4.69) is 39.6 Å². The Morgan fingerprint density at radius 3 is 2.64 bits per heavy atom. The maximum Gasteiger partial charge on any atom is 0.271 e. The van der Waals surface area contributed by atoms with Gasteiger partial charge in [-0.15, -0.1) is 0 Å². The van der Waals surface area contributed by atoms with Crippen LogP contribution in [0.25, 0.3) is 5.69 Å². The Labute approximate surface area is 164 Å². The Bertz CT molecular complexity index is 921. The molecular weight excluding hydrogens is 352 g/mol. The SMILES string of the molecule is COc1ccc(-n2ccc(C(=O)NCC3CCN(c4ccccc4)C3)n2)cc1. The van der Waals surface area contributed by atoms with Gasteiger partial charge in [-0.1, -0.05) is 18.2 Å². The van der Waals surface area contributed by atoms with E-state index in [0.29, 0.717) is 18.2 Å². The number of nitrogens with zero attached hydrogens (tertiary/aromatic N) is 3. The molecule has 2 aromatic carbocycles. The molecule has 28 heavy (non-hydrogen) atoms. The minimum atomic E-state index is -0.134. The standard InChI is InChI=1S/C22H24N4O2/c1-28-20-9-7-19(8-10-20)26-14-12-21(24-26)22(27)23-15-17-11-13-25(16-17)18-5-3-2-4-6-18/h2-10,12,14,17H,11,13,15-16H2,1H3,(H,23,27). The highest BCUT2D eigenvalue weighted by atomic mass is 16.5. The van der Waals surface area contributed by atoms with Crippen LogP contribution in [0.3, 0.4) is 0 Å². The normalized spacial score (nSPS) is 16.2. The number of anilines is 1. The molecule has 1 aliphatic heterocycles. The summed E-state index contributed by atoms with van der Waals surface area (Å²) in [4.78, 5) is 14.8. The molecule has 0 aliphatic carbocycles. The van der Waals surface area contributed by atoms with E-state index in [1.54, 1.807) is 24.1 Å². The first-order chi connectivity index (χ1) is 13.7. The monoisotopic (exact) mass is 376 g/mol. The van der Waals surface area contributed by atoms with Gasteiger partial charge in [0.25, 0.3) is 5.91 Å². The van der Waals surface area contributed by atoms with Gasteiger partial charge in [-0.2, -0.15) is 5.10 Å². The summed E-state index contributed by atoms with van der Waals surface area (Å²) < 4.78 is 6.86. The topological polar surface area (TPSA) is 59.4 Å². The molecule has 2 heterocycles. The Morgan fingerprint density at radius 2 is 1.89 bits per heavy atom. The molecule has 144 valence electrons. The third-order valence-electron chi connectivity index (χ3n) is 5.12. The third-order valence-corrected chi connectivity index (χ3v) is 5.12. The third kappa shape index (κ3) is 4.01. The molecule has 1 N–H and O–H groups in total. The Balaban J connectivity index is 1.31. The fraction of sp³-hybridized carbons (Fsp3) is 0.273. The summed E-state index contributed by atoms with van der Waals surface area (Å²) >= 11 is 0. The summed E-state index contributed by atoms with van der Waals surface area (Å²) in [5, 5.41) is 7.43. The second-order valence-corrected chi connectivity index (χ2v) is 6.99. The summed E-state index contributed by atoms with van der Waals surface area (Å²) in [6, 6.07) is 19.7. The van der Waals surface area contributed by atoms with Crippen molar-refractivity contribution in [2.45, 2.75) is 6.42 Å². The Kier molecular flexibility index (Phi) is 5.28. The van der Waals surface area contributed by atoms with Crippen molar-refractivity contribution < 1.29 is 9.53 Å². The highest BCUT2D eigenvalue weighted by Crippen LogP contribution is 2.23. The number of methoxy groups -OCH3 is 1. The van der Waals surface area contributed by atoms with Crippen molar-refractivity contribution in [1.82, 2.24) is 15.1 Å². The van der Waals surface area contributed by atoms with Gasteiger partial charge in [0.05, 0.1) is 12.8 Å². The lowest BCUT2D eigenvalue weighted by molar-refractivity contribution is 0.0943. The molecule has 1 unspecified atom stereocenters. The van der Waals surface area contributed by atoms with Gasteiger partial charge >= 0.3 is 0 Å². The quantitative estimate of drug-likeness (QED) is 0.718. The summed E-state index contributed by atoms with van der Waals surface area (Å²) in [7, 11) is 1.63. The van der Waals surface area contributed by atoms with E-state index in [1.165, 1.54) is 5.69 Å². The van der Waals surface area contributed by atoms with Crippen LogP contribution in [0.4, 0.5) is 5.69 Å². The van der Waals surface area contributed by atoms with Crippen LogP contribution < -0.4 is 15.0 Å². The maximum atomic E-state index is 12.5. The number of rotatable bonds is 6. The number of ether oxygens (including phenoxy) is 1. The van der Waals surface area contributed by atoms with E-state index in [-0.39, 0.29) is 5.91 Å². The fourth-order valence-corrected chi connectivity index (χ4v) is 3.52. The van der Waals surface area contributed by atoms with Crippen LogP contribution in [0.2, 0.25) is 0 Å². The van der Waals surface area contributed by atoms with E-state index in [1.807, 2.05) is 30.3 Å². The smallest absolute Gasteiger partial charge is 0.271 e. The summed E-state index contributed by atoms with van der Waals surface area (Å²) in [5.74, 6) is 1.10. The molecule has 3 aromatic rings. The molecular formula is C22H24N4O2. The van der Waals surface area contributed by atoms with Crippen molar-refractivity contribution in [2.24, 2.45) is 5.92 Å². The fourth-order valence-electron chi connectivity index (χ4n) is 3.52. The summed E-state index contributed by atoms with van der Waals surface area (Å²) in [5.41, 5.74) is 2.55. The minimum absolute atomic E-state index is 0.134. The molecule has 1 saturated heterocycles. The average molecular weight is 376 g/mol. The predicted molar refractivity (Wildman–Crippen MR) is 109 cm³/mol. The van der Waals surface area contributed by atoms with Gasteiger partial charge in [0.15, 0.2) is 5.69 Å². The van der Waals surface area contributed by atoms with Gasteiger partial charge in [-0.25, -0.2) is 4.68 Å². The lowest BCUT2D eigenvalue weighted by Gasteiger charge is -2.18. The molecule has 4 rings (SSSR count). The van der Waals surface area contributed by atoms with Gasteiger partial charge < -0.3 is 15.0 Å². The predicted octanol–water partition coefficient (Wildman–Crippen LogP) is 3.14. The number of aromatic nitrogens is 2. The molecule has 0 radical (unpaired) electrons. The van der Waals surface area contributed by atoms with Crippen LogP contribution in [-0.4, -0.2) is 42.4 Å². The first kappa shape index (κ1) is 18.1. The van der Waals surface area contributed by atoms with Crippen LogP contribution in [0, 0.1) is 5.92 Å². The number of para-hydroxylation sites is 1. The van der Waals surface area contributed by atoms with E-state index in [4.69, 9.17) is 4.74 Å². The zero-order valence-corrected chi connectivity index (χ0v) is 15.9. The molecule has 0 bridgehead atoms. The molecule has 1 aromatic heterocycles. The highest BCUT2D eigenvalue weighted by Gasteiger charge is 2.23. The first-order valence-corrected chi connectivity index (χ1v) is 9.51. The van der Waals surface area contributed by atoms with Crippen molar-refractivity contribution in [2.75, 3.05) is 31.6 Å². The highest BCUT2D eigenvalue weighted by molar-refractivity contribution is 5.92. The molecule has 0 spiro atoms. The Hall–Kier alpha value is -3.28. The largest absolute Gasteiger partial charge is 0.497 e. The van der Waals surface area contributed by atoms with Gasteiger partial charge in [-0.3, -0.25) is 4.79 Å². The second-order valence-electron chi connectivity index (χ2n) is 6.99. The van der Waals surface area contributed by atoms with E-state index < -0.39 is 0 Å². The maximum absolute atomic E-state index is 12.5. The molecule has 1 amide bonds. The minimum Gasteiger partial charge on any atom is -0.497 e. The van der Waals surface area contributed by atoms with Crippen molar-refractivity contribution in [1.29, 1.82) is 0 Å². The Morgan fingerprint density at radius 1 is 1.11 bits per heavy atom. The zero-order valence-electron chi connectivity index (χ0n) is 15.9. The van der Waals surface area contributed by atoms with Gasteiger partial charge in [0, 0.05) is 31.5 Å². The lowest BCUT2D eigenvalue weighted by Crippen LogP contribution is -2.31. The van der Waals surface area contributed by atoms with Crippen LogP contribution >= 0.6 is 0 Å². The summed E-state index contributed by atoms with van der Waals surface area (Å²) in [6.07, 6.45) is 2.87.